The Kier molecular flexibility index (Phi) is 5.70. The SMILES string of the molecule is CCNC(=NCc1ncc(C)s1)NCCN1C(=O)CNC1=O. The zero-order valence-corrected chi connectivity index (χ0v) is 13.5. The minimum Gasteiger partial charge on any atom is -0.357 e. The van der Waals surface area contributed by atoms with Crippen LogP contribution in [0.4, 0.5) is 4.79 Å². The van der Waals surface area contributed by atoms with Gasteiger partial charge in [0.2, 0.25) is 5.91 Å². The molecule has 1 aliphatic rings. The normalized spacial score (nSPS) is 15.2. The van der Waals surface area contributed by atoms with Gasteiger partial charge in [-0.1, -0.05) is 0 Å². The molecule has 1 fully saturated rings. The van der Waals surface area contributed by atoms with Gasteiger partial charge in [0.05, 0.1) is 13.1 Å². The first-order valence-corrected chi connectivity index (χ1v) is 7.93. The van der Waals surface area contributed by atoms with Crippen LogP contribution in [0.15, 0.2) is 11.2 Å². The van der Waals surface area contributed by atoms with Crippen molar-refractivity contribution in [3.05, 3.63) is 16.1 Å². The number of imide groups is 1. The number of aryl methyl sites for hydroxylation is 1. The van der Waals surface area contributed by atoms with Crippen molar-refractivity contribution in [1.29, 1.82) is 0 Å². The van der Waals surface area contributed by atoms with Crippen LogP contribution in [0.2, 0.25) is 0 Å². The Morgan fingerprint density at radius 1 is 1.50 bits per heavy atom. The summed E-state index contributed by atoms with van der Waals surface area (Å²) in [6.07, 6.45) is 1.83. The second-order valence-corrected chi connectivity index (χ2v) is 6.01. The zero-order chi connectivity index (χ0) is 15.9. The highest BCUT2D eigenvalue weighted by molar-refractivity contribution is 7.11. The molecule has 2 rings (SSSR count). The number of carbonyl (C=O) groups is 2. The van der Waals surface area contributed by atoms with E-state index in [1.54, 1.807) is 11.3 Å². The Balaban J connectivity index is 1.83. The summed E-state index contributed by atoms with van der Waals surface area (Å²) < 4.78 is 0. The summed E-state index contributed by atoms with van der Waals surface area (Å²) in [5.74, 6) is 0.439. The number of nitrogens with zero attached hydrogens (tertiary/aromatic N) is 3. The van der Waals surface area contributed by atoms with Crippen molar-refractivity contribution in [3.8, 4) is 0 Å². The first-order chi connectivity index (χ1) is 10.6. The smallest absolute Gasteiger partial charge is 0.324 e. The summed E-state index contributed by atoms with van der Waals surface area (Å²) >= 11 is 1.61. The number of hydrogen-bond donors (Lipinski definition) is 3. The molecule has 0 saturated carbocycles. The molecular weight excluding hydrogens is 304 g/mol. The van der Waals surface area contributed by atoms with Crippen molar-refractivity contribution in [2.24, 2.45) is 4.99 Å². The van der Waals surface area contributed by atoms with Gasteiger partial charge in [-0.15, -0.1) is 11.3 Å². The van der Waals surface area contributed by atoms with Crippen molar-refractivity contribution in [2.75, 3.05) is 26.2 Å². The van der Waals surface area contributed by atoms with Crippen LogP contribution in [0.5, 0.6) is 0 Å². The number of carbonyl (C=O) groups excluding carboxylic acids is 2. The van der Waals surface area contributed by atoms with Crippen LogP contribution >= 0.6 is 11.3 Å². The Labute approximate surface area is 133 Å². The number of aromatic nitrogens is 1. The monoisotopic (exact) mass is 324 g/mol. The van der Waals surface area contributed by atoms with Crippen molar-refractivity contribution in [3.63, 3.8) is 0 Å². The van der Waals surface area contributed by atoms with Gasteiger partial charge in [0.15, 0.2) is 5.96 Å². The molecule has 8 nitrogen and oxygen atoms in total. The summed E-state index contributed by atoms with van der Waals surface area (Å²) in [5.41, 5.74) is 0. The number of nitrogens with one attached hydrogen (secondary N) is 3. The number of thiazole rings is 1. The third-order valence-electron chi connectivity index (χ3n) is 2.95. The van der Waals surface area contributed by atoms with Crippen LogP contribution in [-0.4, -0.2) is 54.0 Å². The maximum absolute atomic E-state index is 11.5. The zero-order valence-electron chi connectivity index (χ0n) is 12.7. The predicted octanol–water partition coefficient (Wildman–Crippen LogP) is 0.0584. The number of aliphatic imine (C=N–C) groups is 1. The molecule has 0 spiro atoms. The number of hydrogen-bond acceptors (Lipinski definition) is 5. The minimum absolute atomic E-state index is 0.0798. The molecule has 0 aromatic carbocycles. The van der Waals surface area contributed by atoms with E-state index in [-0.39, 0.29) is 18.5 Å². The lowest BCUT2D eigenvalue weighted by Gasteiger charge is -2.15. The lowest BCUT2D eigenvalue weighted by Crippen LogP contribution is -2.43. The molecule has 22 heavy (non-hydrogen) atoms. The van der Waals surface area contributed by atoms with Gasteiger partial charge in [-0.05, 0) is 13.8 Å². The fourth-order valence-electron chi connectivity index (χ4n) is 1.93. The summed E-state index contributed by atoms with van der Waals surface area (Å²) in [4.78, 5) is 33.9. The Hall–Kier alpha value is -2.16. The van der Waals surface area contributed by atoms with Gasteiger partial charge < -0.3 is 16.0 Å². The third-order valence-corrected chi connectivity index (χ3v) is 3.85. The van der Waals surface area contributed by atoms with Crippen LogP contribution < -0.4 is 16.0 Å². The van der Waals surface area contributed by atoms with Gasteiger partial charge in [-0.2, -0.15) is 0 Å². The number of guanidine groups is 1. The van der Waals surface area contributed by atoms with E-state index in [0.717, 1.165) is 16.4 Å². The topological polar surface area (TPSA) is 98.7 Å². The Bertz CT molecular complexity index is 555. The van der Waals surface area contributed by atoms with Crippen LogP contribution in [0.1, 0.15) is 16.8 Å². The molecular formula is C13H20N6O2S. The summed E-state index contributed by atoms with van der Waals surface area (Å²) in [6.45, 7) is 6.04. The van der Waals surface area contributed by atoms with E-state index in [1.807, 2.05) is 20.0 Å². The predicted molar refractivity (Wildman–Crippen MR) is 84.8 cm³/mol. The Morgan fingerprint density at radius 3 is 2.91 bits per heavy atom. The van der Waals surface area contributed by atoms with Gasteiger partial charge >= 0.3 is 6.03 Å². The lowest BCUT2D eigenvalue weighted by molar-refractivity contribution is -0.124. The maximum atomic E-state index is 11.5. The van der Waals surface area contributed by atoms with Gasteiger partial charge in [0.25, 0.3) is 0 Å². The number of urea groups is 1. The molecule has 3 amide bonds. The molecule has 1 aliphatic heterocycles. The van der Waals surface area contributed by atoms with Gasteiger partial charge in [0.1, 0.15) is 5.01 Å². The molecule has 120 valence electrons. The molecule has 9 heteroatoms. The molecule has 1 saturated heterocycles. The van der Waals surface area contributed by atoms with Crippen molar-refractivity contribution in [1.82, 2.24) is 25.8 Å². The molecule has 0 atom stereocenters. The highest BCUT2D eigenvalue weighted by Crippen LogP contribution is 2.11. The highest BCUT2D eigenvalue weighted by atomic mass is 32.1. The van der Waals surface area contributed by atoms with E-state index in [4.69, 9.17) is 0 Å². The van der Waals surface area contributed by atoms with Crippen LogP contribution in [-0.2, 0) is 11.3 Å². The van der Waals surface area contributed by atoms with Crippen LogP contribution in [0, 0.1) is 6.92 Å². The molecule has 0 unspecified atom stereocenters. The largest absolute Gasteiger partial charge is 0.357 e. The fraction of sp³-hybridized carbons (Fsp3) is 0.538. The second-order valence-electron chi connectivity index (χ2n) is 4.69. The van der Waals surface area contributed by atoms with Crippen LogP contribution in [0.3, 0.4) is 0 Å². The average Bonchev–Trinajstić information content (AvgIpc) is 3.04. The molecule has 3 N–H and O–H groups in total. The second kappa shape index (κ2) is 7.74. The van der Waals surface area contributed by atoms with Crippen LogP contribution in [0.25, 0.3) is 0 Å². The summed E-state index contributed by atoms with van der Waals surface area (Å²) in [6, 6.07) is -0.341. The molecule has 2 heterocycles. The molecule has 0 radical (unpaired) electrons. The fourth-order valence-corrected chi connectivity index (χ4v) is 2.64. The van der Waals surface area contributed by atoms with Gasteiger partial charge in [-0.25, -0.2) is 14.8 Å². The van der Waals surface area contributed by atoms with E-state index >= 15 is 0 Å². The van der Waals surface area contributed by atoms with E-state index in [2.05, 4.69) is 25.9 Å². The van der Waals surface area contributed by atoms with E-state index in [0.29, 0.717) is 25.6 Å². The first kappa shape index (κ1) is 16.2. The lowest BCUT2D eigenvalue weighted by atomic mass is 10.5. The van der Waals surface area contributed by atoms with E-state index in [9.17, 15) is 9.59 Å². The quantitative estimate of drug-likeness (QED) is 0.390. The summed E-state index contributed by atoms with van der Waals surface area (Å²) in [5, 5.41) is 9.66. The molecule has 0 bridgehead atoms. The standard InChI is InChI=1S/C13H20N6O2S/c1-3-14-12(17-7-10-16-6-9(2)22-10)15-4-5-19-11(20)8-18-13(19)21/h6H,3-5,7-8H2,1-2H3,(H,18,21)(H2,14,15,17). The van der Waals surface area contributed by atoms with Crippen molar-refractivity contribution >= 4 is 29.2 Å². The summed E-state index contributed by atoms with van der Waals surface area (Å²) in [7, 11) is 0. The molecule has 1 aromatic rings. The third kappa shape index (κ3) is 4.42. The molecule has 0 aliphatic carbocycles. The maximum Gasteiger partial charge on any atom is 0.324 e. The minimum atomic E-state index is -0.341. The van der Waals surface area contributed by atoms with Gasteiger partial charge in [-0.3, -0.25) is 9.69 Å². The number of rotatable bonds is 6. The van der Waals surface area contributed by atoms with Gasteiger partial charge in [0, 0.05) is 30.7 Å². The number of amides is 3. The Morgan fingerprint density at radius 2 is 2.32 bits per heavy atom. The van der Waals surface area contributed by atoms with E-state index in [1.165, 1.54) is 4.90 Å². The van der Waals surface area contributed by atoms with Crippen molar-refractivity contribution in [2.45, 2.75) is 20.4 Å². The van der Waals surface area contributed by atoms with Crippen molar-refractivity contribution < 1.29 is 9.59 Å². The highest BCUT2D eigenvalue weighted by Gasteiger charge is 2.27. The molecule has 1 aromatic heterocycles. The average molecular weight is 324 g/mol. The first-order valence-electron chi connectivity index (χ1n) is 7.12. The van der Waals surface area contributed by atoms with E-state index < -0.39 is 0 Å².